The first kappa shape index (κ1) is 15.4. The van der Waals surface area contributed by atoms with E-state index < -0.39 is 0 Å². The Morgan fingerprint density at radius 2 is 1.69 bits per heavy atom. The number of hydrogen-bond donors (Lipinski definition) is 0. The fraction of sp³-hybridized carbons (Fsp3) is 1.00. The van der Waals surface area contributed by atoms with Crippen LogP contribution in [0.4, 0.5) is 0 Å². The minimum Gasteiger partial charge on any atom is -0.381 e. The molecule has 0 amide bonds. The van der Waals surface area contributed by atoms with E-state index in [0.29, 0.717) is 11.5 Å². The maximum Gasteiger partial charge on any atom is 0.0594 e. The molecular formula is C12H28O. The molecule has 1 nitrogen and oxygen atoms in total. The molecule has 82 valence electrons. The lowest BCUT2D eigenvalue weighted by Crippen LogP contribution is -2.28. The maximum atomic E-state index is 5.31. The van der Waals surface area contributed by atoms with E-state index in [0.717, 1.165) is 0 Å². The normalized spacial score (nSPS) is 13.2. The van der Waals surface area contributed by atoms with Gasteiger partial charge in [-0.15, -0.1) is 0 Å². The molecule has 0 aliphatic heterocycles. The molecule has 0 aliphatic carbocycles. The molecule has 0 fully saturated rings. The summed E-state index contributed by atoms with van der Waals surface area (Å²) in [4.78, 5) is 0. The molecule has 0 saturated heterocycles. The van der Waals surface area contributed by atoms with Gasteiger partial charge in [0, 0.05) is 7.11 Å². The predicted octanol–water partition coefficient (Wildman–Crippen LogP) is 4.26. The Morgan fingerprint density at radius 3 is 2.00 bits per heavy atom. The molecule has 0 aromatic heterocycles. The van der Waals surface area contributed by atoms with E-state index in [4.69, 9.17) is 4.74 Å². The monoisotopic (exact) mass is 188 g/mol. The summed E-state index contributed by atoms with van der Waals surface area (Å²) in [6.07, 6.45) is 4.22. The van der Waals surface area contributed by atoms with Gasteiger partial charge in [-0.3, -0.25) is 0 Å². The molecule has 0 spiro atoms. The number of methoxy groups -OCH3 is 1. The highest BCUT2D eigenvalue weighted by molar-refractivity contribution is 4.74. The second-order valence-electron chi connectivity index (χ2n) is 3.97. The molecule has 1 heteroatoms. The topological polar surface area (TPSA) is 9.23 Å². The summed E-state index contributed by atoms with van der Waals surface area (Å²) in [6.45, 7) is 12.9. The number of ether oxygens (including phenoxy) is 1. The van der Waals surface area contributed by atoms with Crippen LogP contribution >= 0.6 is 0 Å². The van der Waals surface area contributed by atoms with Gasteiger partial charge >= 0.3 is 0 Å². The third kappa shape index (κ3) is 7.06. The summed E-state index contributed by atoms with van der Waals surface area (Å²) in [6, 6.07) is 0. The zero-order valence-electron chi connectivity index (χ0n) is 10.6. The predicted molar refractivity (Wildman–Crippen MR) is 61.1 cm³/mol. The Hall–Kier alpha value is -0.0400. The van der Waals surface area contributed by atoms with Gasteiger partial charge in [0.2, 0.25) is 0 Å². The molecular weight excluding hydrogens is 160 g/mol. The summed E-state index contributed by atoms with van der Waals surface area (Å²) in [5.74, 6) is 0. The zero-order valence-corrected chi connectivity index (χ0v) is 10.6. The highest BCUT2D eigenvalue weighted by Crippen LogP contribution is 2.28. The molecule has 0 N–H and O–H groups in total. The lowest BCUT2D eigenvalue weighted by Gasteiger charge is -2.30. The molecule has 0 aromatic rings. The van der Waals surface area contributed by atoms with Crippen molar-refractivity contribution in [2.24, 2.45) is 5.41 Å². The van der Waals surface area contributed by atoms with Crippen LogP contribution in [0.3, 0.4) is 0 Å². The van der Waals surface area contributed by atoms with Gasteiger partial charge in [0.25, 0.3) is 0 Å². The Bertz CT molecular complexity index is 97.3. The first-order valence-corrected chi connectivity index (χ1v) is 5.57. The van der Waals surface area contributed by atoms with Crippen molar-refractivity contribution in [3.8, 4) is 0 Å². The molecule has 0 heterocycles. The van der Waals surface area contributed by atoms with Gasteiger partial charge in [0.15, 0.2) is 0 Å². The maximum absolute atomic E-state index is 5.31. The second kappa shape index (κ2) is 8.55. The standard InChI is InChI=1S/C10H22O.C2H6/c1-6-7-8-10(3,4)9(2)11-5;1-2/h9H,6-8H2,1-5H3;1-2H3. The van der Waals surface area contributed by atoms with Crippen LogP contribution in [0.25, 0.3) is 0 Å². The third-order valence-electron chi connectivity index (χ3n) is 2.63. The minimum absolute atomic E-state index is 0.338. The van der Waals surface area contributed by atoms with Crippen molar-refractivity contribution in [1.29, 1.82) is 0 Å². The highest BCUT2D eigenvalue weighted by Gasteiger charge is 2.24. The summed E-state index contributed by atoms with van der Waals surface area (Å²) in [7, 11) is 1.79. The summed E-state index contributed by atoms with van der Waals surface area (Å²) >= 11 is 0. The van der Waals surface area contributed by atoms with E-state index in [2.05, 4.69) is 27.7 Å². The van der Waals surface area contributed by atoms with Crippen molar-refractivity contribution in [2.75, 3.05) is 7.11 Å². The van der Waals surface area contributed by atoms with E-state index in [9.17, 15) is 0 Å². The summed E-state index contributed by atoms with van der Waals surface area (Å²) < 4.78 is 5.31. The zero-order chi connectivity index (χ0) is 10.9. The van der Waals surface area contributed by atoms with Gasteiger partial charge in [-0.25, -0.2) is 0 Å². The highest BCUT2D eigenvalue weighted by atomic mass is 16.5. The van der Waals surface area contributed by atoms with Crippen LogP contribution in [0.15, 0.2) is 0 Å². The lowest BCUT2D eigenvalue weighted by atomic mass is 9.82. The van der Waals surface area contributed by atoms with Gasteiger partial charge in [-0.2, -0.15) is 0 Å². The molecule has 0 rings (SSSR count). The molecule has 0 bridgehead atoms. The van der Waals surface area contributed by atoms with E-state index in [1.165, 1.54) is 19.3 Å². The van der Waals surface area contributed by atoms with E-state index in [1.54, 1.807) is 7.11 Å². The fourth-order valence-electron chi connectivity index (χ4n) is 1.15. The molecule has 0 aliphatic rings. The molecule has 1 unspecified atom stereocenters. The molecule has 0 saturated carbocycles. The number of hydrogen-bond acceptors (Lipinski definition) is 1. The van der Waals surface area contributed by atoms with Crippen LogP contribution in [0.2, 0.25) is 0 Å². The number of unbranched alkanes of at least 4 members (excludes halogenated alkanes) is 1. The van der Waals surface area contributed by atoms with Crippen LogP contribution in [-0.2, 0) is 4.74 Å². The smallest absolute Gasteiger partial charge is 0.0594 e. The van der Waals surface area contributed by atoms with E-state index >= 15 is 0 Å². The summed E-state index contributed by atoms with van der Waals surface area (Å²) in [5.41, 5.74) is 0.338. The average Bonchev–Trinajstić information content (AvgIpc) is 2.16. The molecule has 1 atom stereocenters. The van der Waals surface area contributed by atoms with Crippen molar-refractivity contribution in [1.82, 2.24) is 0 Å². The van der Waals surface area contributed by atoms with Crippen LogP contribution in [0.1, 0.15) is 60.8 Å². The van der Waals surface area contributed by atoms with Gasteiger partial charge in [-0.05, 0) is 18.8 Å². The van der Waals surface area contributed by atoms with Crippen molar-refractivity contribution >= 4 is 0 Å². The Labute approximate surface area is 84.9 Å². The molecule has 13 heavy (non-hydrogen) atoms. The van der Waals surface area contributed by atoms with Crippen LogP contribution < -0.4 is 0 Å². The molecule has 0 radical (unpaired) electrons. The SMILES string of the molecule is CC.CCCCC(C)(C)C(C)OC. The molecule has 0 aromatic carbocycles. The summed E-state index contributed by atoms with van der Waals surface area (Å²) in [5, 5.41) is 0. The van der Waals surface area contributed by atoms with Crippen LogP contribution in [0.5, 0.6) is 0 Å². The van der Waals surface area contributed by atoms with Crippen LogP contribution in [-0.4, -0.2) is 13.2 Å². The van der Waals surface area contributed by atoms with Crippen LogP contribution in [0, 0.1) is 5.41 Å². The Kier molecular flexibility index (Phi) is 10.2. The first-order chi connectivity index (χ1) is 6.04. The van der Waals surface area contributed by atoms with Crippen molar-refractivity contribution in [2.45, 2.75) is 66.9 Å². The minimum atomic E-state index is 0.338. The largest absolute Gasteiger partial charge is 0.381 e. The van der Waals surface area contributed by atoms with E-state index in [1.807, 2.05) is 13.8 Å². The van der Waals surface area contributed by atoms with Gasteiger partial charge in [0.05, 0.1) is 6.10 Å². The van der Waals surface area contributed by atoms with E-state index in [-0.39, 0.29) is 0 Å². The first-order valence-electron chi connectivity index (χ1n) is 5.57. The van der Waals surface area contributed by atoms with Gasteiger partial charge < -0.3 is 4.74 Å². The second-order valence-corrected chi connectivity index (χ2v) is 3.97. The average molecular weight is 188 g/mol. The third-order valence-corrected chi connectivity index (χ3v) is 2.63. The van der Waals surface area contributed by atoms with Gasteiger partial charge in [0.1, 0.15) is 0 Å². The van der Waals surface area contributed by atoms with Crippen molar-refractivity contribution in [3.63, 3.8) is 0 Å². The Morgan fingerprint density at radius 1 is 1.23 bits per heavy atom. The quantitative estimate of drug-likeness (QED) is 0.626. The number of rotatable bonds is 5. The fourth-order valence-corrected chi connectivity index (χ4v) is 1.15. The van der Waals surface area contributed by atoms with Crippen molar-refractivity contribution < 1.29 is 4.74 Å². The van der Waals surface area contributed by atoms with Crippen molar-refractivity contribution in [3.05, 3.63) is 0 Å². The Balaban J connectivity index is 0. The lowest BCUT2D eigenvalue weighted by molar-refractivity contribution is 0.0150. The van der Waals surface area contributed by atoms with Gasteiger partial charge in [-0.1, -0.05) is 47.5 Å².